The maximum Gasteiger partial charge on any atom is 0.274 e. The number of hydrogen-bond donors (Lipinski definition) is 2. The largest absolute Gasteiger partial charge is 0.355 e. The van der Waals surface area contributed by atoms with E-state index < -0.39 is 0 Å². The Kier molecular flexibility index (Phi) is 7.69. The van der Waals surface area contributed by atoms with Crippen molar-refractivity contribution in [2.24, 2.45) is 13.0 Å². The fraction of sp³-hybridized carbons (Fsp3) is 0.727. The van der Waals surface area contributed by atoms with Gasteiger partial charge >= 0.3 is 0 Å². The van der Waals surface area contributed by atoms with Crippen LogP contribution in [0.25, 0.3) is 0 Å². The quantitative estimate of drug-likeness (QED) is 0.717. The second kappa shape index (κ2) is 10.3. The van der Waals surface area contributed by atoms with Crippen LogP contribution in [0.1, 0.15) is 54.9 Å². The molecule has 1 aliphatic carbocycles. The predicted molar refractivity (Wildman–Crippen MR) is 118 cm³/mol. The van der Waals surface area contributed by atoms with E-state index in [-0.39, 0.29) is 36.9 Å². The summed E-state index contributed by atoms with van der Waals surface area (Å²) in [6.07, 6.45) is 3.93. The Bertz CT molecular complexity index is 818. The molecule has 9 heteroatoms. The lowest BCUT2D eigenvalue weighted by molar-refractivity contribution is -0.133. The Hall–Kier alpha value is -2.42. The zero-order chi connectivity index (χ0) is 22.5. The number of nitrogens with one attached hydrogen (secondary N) is 2. The molecule has 1 aromatic heterocycles. The smallest absolute Gasteiger partial charge is 0.274 e. The van der Waals surface area contributed by atoms with Crippen LogP contribution in [0.5, 0.6) is 0 Å². The zero-order valence-corrected chi connectivity index (χ0v) is 19.2. The van der Waals surface area contributed by atoms with Crippen molar-refractivity contribution in [3.05, 3.63) is 17.0 Å². The monoisotopic (exact) mass is 432 g/mol. The molecular formula is C22H36N6O3. The van der Waals surface area contributed by atoms with Crippen LogP contribution >= 0.6 is 0 Å². The van der Waals surface area contributed by atoms with Crippen molar-refractivity contribution >= 4 is 17.7 Å². The molecule has 1 atom stereocenters. The van der Waals surface area contributed by atoms with Gasteiger partial charge in [-0.25, -0.2) is 0 Å². The van der Waals surface area contributed by atoms with Gasteiger partial charge in [-0.05, 0) is 44.6 Å². The van der Waals surface area contributed by atoms with Gasteiger partial charge in [-0.2, -0.15) is 5.10 Å². The molecule has 9 nitrogen and oxygen atoms in total. The molecule has 2 heterocycles. The highest BCUT2D eigenvalue weighted by Gasteiger charge is 2.34. The van der Waals surface area contributed by atoms with Crippen LogP contribution in [0.15, 0.2) is 0 Å². The summed E-state index contributed by atoms with van der Waals surface area (Å²) in [5.74, 6) is 0.162. The van der Waals surface area contributed by atoms with Crippen LogP contribution in [0.3, 0.4) is 0 Å². The summed E-state index contributed by atoms with van der Waals surface area (Å²) in [6.45, 7) is 6.50. The number of amides is 3. The van der Waals surface area contributed by atoms with E-state index in [1.165, 1.54) is 4.90 Å². The van der Waals surface area contributed by atoms with Crippen molar-refractivity contribution in [1.29, 1.82) is 0 Å². The first kappa shape index (κ1) is 23.2. The van der Waals surface area contributed by atoms with E-state index in [0.717, 1.165) is 43.5 Å². The Balaban J connectivity index is 1.91. The van der Waals surface area contributed by atoms with Crippen LogP contribution < -0.4 is 10.6 Å². The molecule has 1 aliphatic heterocycles. The number of likely N-dealkylation sites (N-methyl/N-ethyl adjacent to an activating group) is 1. The topological polar surface area (TPSA) is 99.6 Å². The lowest BCUT2D eigenvalue weighted by Crippen LogP contribution is -2.48. The maximum atomic E-state index is 13.1. The standard InChI is InChI=1S/C22H36N6O3/c1-15(2)8-11-28-16-6-7-18-17(12-16)21(25-27(18)4)22(31)26(3)14-19(29)24-10-5-9-23-13-20(28)30/h15-16,23H,5-14H2,1-4H3,(H,24,29). The Morgan fingerprint density at radius 3 is 2.68 bits per heavy atom. The number of fused-ring (bicyclic) bond motifs is 1. The second-order valence-electron chi connectivity index (χ2n) is 9.11. The third-order valence-corrected chi connectivity index (χ3v) is 6.20. The first-order valence-electron chi connectivity index (χ1n) is 11.3. The first-order chi connectivity index (χ1) is 14.8. The zero-order valence-electron chi connectivity index (χ0n) is 19.2. The average Bonchev–Trinajstić information content (AvgIpc) is 3.05. The lowest BCUT2D eigenvalue weighted by Gasteiger charge is -2.35. The predicted octanol–water partition coefficient (Wildman–Crippen LogP) is 0.334. The van der Waals surface area contributed by atoms with Gasteiger partial charge in [-0.3, -0.25) is 19.1 Å². The molecule has 3 amide bonds. The molecule has 2 N–H and O–H groups in total. The van der Waals surface area contributed by atoms with Crippen molar-refractivity contribution in [2.45, 2.75) is 52.0 Å². The molecule has 2 aliphatic rings. The molecule has 1 aromatic rings. The van der Waals surface area contributed by atoms with Crippen LogP contribution in [0, 0.1) is 5.92 Å². The Morgan fingerprint density at radius 1 is 1.16 bits per heavy atom. The van der Waals surface area contributed by atoms with E-state index in [4.69, 9.17) is 0 Å². The third-order valence-electron chi connectivity index (χ3n) is 6.20. The maximum absolute atomic E-state index is 13.1. The third kappa shape index (κ3) is 5.64. The van der Waals surface area contributed by atoms with Gasteiger partial charge in [0.1, 0.15) is 0 Å². The van der Waals surface area contributed by atoms with E-state index >= 15 is 0 Å². The molecule has 0 radical (unpaired) electrons. The summed E-state index contributed by atoms with van der Waals surface area (Å²) in [5.41, 5.74) is 2.37. The molecular weight excluding hydrogens is 396 g/mol. The van der Waals surface area contributed by atoms with Crippen LogP contribution in [-0.4, -0.2) is 83.1 Å². The molecule has 3 rings (SSSR count). The van der Waals surface area contributed by atoms with Crippen LogP contribution in [0.2, 0.25) is 0 Å². The molecule has 0 aromatic carbocycles. The Labute approximate surface area is 184 Å². The van der Waals surface area contributed by atoms with E-state index in [2.05, 4.69) is 29.6 Å². The van der Waals surface area contributed by atoms with E-state index in [1.54, 1.807) is 11.7 Å². The number of rotatable bonds is 3. The minimum atomic E-state index is -0.249. The normalized spacial score (nSPS) is 21.6. The Morgan fingerprint density at radius 2 is 1.94 bits per heavy atom. The summed E-state index contributed by atoms with van der Waals surface area (Å²) in [6, 6.07) is 0.0535. The van der Waals surface area contributed by atoms with E-state index in [1.807, 2.05) is 11.9 Å². The SMILES string of the molecule is CC(C)CCN1C(=O)CNCCCNC(=O)CN(C)C(=O)c2nn(C)c3c2CC1CC3. The summed E-state index contributed by atoms with van der Waals surface area (Å²) in [5, 5.41) is 10.6. The first-order valence-corrected chi connectivity index (χ1v) is 11.3. The van der Waals surface area contributed by atoms with Gasteiger partial charge in [-0.1, -0.05) is 13.8 Å². The van der Waals surface area contributed by atoms with Gasteiger partial charge in [0.05, 0.1) is 13.1 Å². The summed E-state index contributed by atoms with van der Waals surface area (Å²) in [7, 11) is 3.49. The van der Waals surface area contributed by atoms with Gasteiger partial charge in [0.25, 0.3) is 5.91 Å². The van der Waals surface area contributed by atoms with Gasteiger partial charge in [0.2, 0.25) is 11.8 Å². The fourth-order valence-electron chi connectivity index (χ4n) is 4.38. The van der Waals surface area contributed by atoms with Crippen molar-refractivity contribution in [2.75, 3.05) is 39.8 Å². The molecule has 1 unspecified atom stereocenters. The number of aromatic nitrogens is 2. The van der Waals surface area contributed by atoms with Crippen molar-refractivity contribution < 1.29 is 14.4 Å². The number of carbonyl (C=O) groups is 3. The molecule has 172 valence electrons. The molecule has 0 saturated carbocycles. The van der Waals surface area contributed by atoms with Gasteiger partial charge < -0.3 is 20.4 Å². The number of aryl methyl sites for hydroxylation is 1. The molecule has 31 heavy (non-hydrogen) atoms. The molecule has 2 bridgehead atoms. The molecule has 0 saturated heterocycles. The second-order valence-corrected chi connectivity index (χ2v) is 9.11. The highest BCUT2D eigenvalue weighted by Crippen LogP contribution is 2.28. The van der Waals surface area contributed by atoms with Crippen LogP contribution in [0.4, 0.5) is 0 Å². The van der Waals surface area contributed by atoms with Crippen molar-refractivity contribution in [3.8, 4) is 0 Å². The minimum Gasteiger partial charge on any atom is -0.355 e. The average molecular weight is 433 g/mol. The summed E-state index contributed by atoms with van der Waals surface area (Å²) < 4.78 is 1.78. The lowest BCUT2D eigenvalue weighted by atomic mass is 9.89. The van der Waals surface area contributed by atoms with Crippen LogP contribution in [-0.2, 0) is 29.5 Å². The van der Waals surface area contributed by atoms with Crippen molar-refractivity contribution in [3.63, 3.8) is 0 Å². The number of hydrogen-bond acceptors (Lipinski definition) is 5. The van der Waals surface area contributed by atoms with E-state index in [0.29, 0.717) is 31.1 Å². The van der Waals surface area contributed by atoms with Crippen molar-refractivity contribution in [1.82, 2.24) is 30.2 Å². The molecule has 0 spiro atoms. The summed E-state index contributed by atoms with van der Waals surface area (Å²) in [4.78, 5) is 41.8. The van der Waals surface area contributed by atoms with Gasteiger partial charge in [0, 0.05) is 44.5 Å². The van der Waals surface area contributed by atoms with Gasteiger partial charge in [-0.15, -0.1) is 0 Å². The minimum absolute atomic E-state index is 0.0000372. The fourth-order valence-corrected chi connectivity index (χ4v) is 4.38. The summed E-state index contributed by atoms with van der Waals surface area (Å²) >= 11 is 0. The molecule has 0 fully saturated rings. The number of carbonyl (C=O) groups excluding carboxylic acids is 3. The van der Waals surface area contributed by atoms with Gasteiger partial charge in [0.15, 0.2) is 5.69 Å². The highest BCUT2D eigenvalue weighted by atomic mass is 16.2. The van der Waals surface area contributed by atoms with E-state index in [9.17, 15) is 14.4 Å². The number of nitrogens with zero attached hydrogens (tertiary/aromatic N) is 4. The highest BCUT2D eigenvalue weighted by molar-refractivity contribution is 5.96.